The molecule has 6 heteroatoms. The fraction of sp³-hybridized carbons (Fsp3) is 0.724. The number of amides is 1. The molecule has 0 fully saturated rings. The predicted octanol–water partition coefficient (Wildman–Crippen LogP) is 8.96. The summed E-state index contributed by atoms with van der Waals surface area (Å²) in [6.07, 6.45) is 19.7. The number of nitrogens with one attached hydrogen (secondary N) is 2. The first kappa shape index (κ1) is 31.9. The Morgan fingerprint density at radius 3 is 2.00 bits per heavy atom. The average molecular weight is 570 g/mol. The van der Waals surface area contributed by atoms with E-state index in [4.69, 9.17) is 17.0 Å². The van der Waals surface area contributed by atoms with Crippen molar-refractivity contribution in [2.45, 2.75) is 117 Å². The van der Waals surface area contributed by atoms with Crippen LogP contribution in [-0.4, -0.2) is 24.2 Å². The van der Waals surface area contributed by atoms with E-state index in [1.165, 1.54) is 83.5 Å². The molecule has 0 saturated carbocycles. The molecule has 1 aromatic carbocycles. The number of thiocarbonyl (C=S) groups is 1. The van der Waals surface area contributed by atoms with Crippen LogP contribution in [0.1, 0.15) is 127 Å². The molecule has 1 rings (SSSR count). The number of ether oxygens (including phenoxy) is 1. The third kappa shape index (κ3) is 17.0. The highest BCUT2D eigenvalue weighted by molar-refractivity contribution is 9.10. The predicted molar refractivity (Wildman–Crippen MR) is 157 cm³/mol. The van der Waals surface area contributed by atoms with Gasteiger partial charge in [-0.25, -0.2) is 0 Å². The molecule has 0 aliphatic rings. The molecule has 0 unspecified atom stereocenters. The summed E-state index contributed by atoms with van der Waals surface area (Å²) in [5.41, 5.74) is 0.490. The van der Waals surface area contributed by atoms with Crippen LogP contribution in [0.15, 0.2) is 22.7 Å². The van der Waals surface area contributed by atoms with Gasteiger partial charge in [-0.15, -0.1) is 0 Å². The first-order valence-corrected chi connectivity index (χ1v) is 15.2. The van der Waals surface area contributed by atoms with Crippen molar-refractivity contribution >= 4 is 39.2 Å². The Kier molecular flexibility index (Phi) is 19.1. The van der Waals surface area contributed by atoms with Gasteiger partial charge in [-0.05, 0) is 49.2 Å². The molecule has 0 atom stereocenters. The van der Waals surface area contributed by atoms with Crippen molar-refractivity contribution in [2.24, 2.45) is 5.92 Å². The Morgan fingerprint density at radius 1 is 0.914 bits per heavy atom. The van der Waals surface area contributed by atoms with Crippen LogP contribution in [0.4, 0.5) is 0 Å². The third-order valence-electron chi connectivity index (χ3n) is 6.18. The van der Waals surface area contributed by atoms with Gasteiger partial charge in [0.2, 0.25) is 0 Å². The van der Waals surface area contributed by atoms with Gasteiger partial charge in [-0.1, -0.05) is 120 Å². The third-order valence-corrected chi connectivity index (χ3v) is 6.92. The summed E-state index contributed by atoms with van der Waals surface area (Å²) < 4.78 is 6.68. The highest BCUT2D eigenvalue weighted by atomic mass is 79.9. The number of benzene rings is 1. The number of carbonyl (C=O) groups is 1. The maximum Gasteiger partial charge on any atom is 0.261 e. The van der Waals surface area contributed by atoms with Crippen LogP contribution < -0.4 is 15.4 Å². The number of hydrogen-bond acceptors (Lipinski definition) is 3. The Balaban J connectivity index is 2.11. The standard InChI is InChI=1S/C29H49BrN2O2S/c1-4-5-6-7-8-9-10-11-12-13-14-15-16-17-21-31-29(35)32-28(33)26-23-25(30)18-19-27(26)34-22-20-24(2)3/h18-19,23-24H,4-17,20-22H2,1-3H3,(H2,31,32,33,35). The molecule has 0 spiro atoms. The number of hydrogen-bond donors (Lipinski definition) is 2. The van der Waals surface area contributed by atoms with Gasteiger partial charge in [0.05, 0.1) is 12.2 Å². The number of halogens is 1. The topological polar surface area (TPSA) is 50.4 Å². The molecule has 4 nitrogen and oxygen atoms in total. The average Bonchev–Trinajstić information content (AvgIpc) is 2.82. The quantitative estimate of drug-likeness (QED) is 0.122. The smallest absolute Gasteiger partial charge is 0.261 e. The lowest BCUT2D eigenvalue weighted by molar-refractivity contribution is 0.0972. The van der Waals surface area contributed by atoms with Gasteiger partial charge in [0.1, 0.15) is 5.75 Å². The van der Waals surface area contributed by atoms with Crippen molar-refractivity contribution in [1.82, 2.24) is 10.6 Å². The molecule has 0 radical (unpaired) electrons. The monoisotopic (exact) mass is 568 g/mol. The summed E-state index contributed by atoms with van der Waals surface area (Å²) >= 11 is 8.77. The largest absolute Gasteiger partial charge is 0.493 e. The van der Waals surface area contributed by atoms with Gasteiger partial charge in [-0.2, -0.15) is 0 Å². The molecule has 0 heterocycles. The van der Waals surface area contributed by atoms with Crippen molar-refractivity contribution in [3.8, 4) is 5.75 Å². The molecular formula is C29H49BrN2O2S. The van der Waals surface area contributed by atoms with Crippen LogP contribution in [0.3, 0.4) is 0 Å². The van der Waals surface area contributed by atoms with Crippen molar-refractivity contribution in [1.29, 1.82) is 0 Å². The molecule has 2 N–H and O–H groups in total. The number of carbonyl (C=O) groups excluding carboxylic acids is 1. The zero-order chi connectivity index (χ0) is 25.7. The van der Waals surface area contributed by atoms with Crippen molar-refractivity contribution in [3.63, 3.8) is 0 Å². The van der Waals surface area contributed by atoms with Crippen molar-refractivity contribution < 1.29 is 9.53 Å². The number of unbranched alkanes of at least 4 members (excludes halogenated alkanes) is 13. The van der Waals surface area contributed by atoms with Crippen molar-refractivity contribution in [2.75, 3.05) is 13.2 Å². The van der Waals surface area contributed by atoms with E-state index in [0.29, 0.717) is 29.0 Å². The Labute approximate surface area is 228 Å². The van der Waals surface area contributed by atoms with E-state index in [9.17, 15) is 4.79 Å². The van der Waals surface area contributed by atoms with E-state index in [-0.39, 0.29) is 5.91 Å². The highest BCUT2D eigenvalue weighted by Gasteiger charge is 2.15. The molecule has 200 valence electrons. The lowest BCUT2D eigenvalue weighted by atomic mass is 10.0. The van der Waals surface area contributed by atoms with Crippen LogP contribution in [0.2, 0.25) is 0 Å². The van der Waals surface area contributed by atoms with E-state index in [0.717, 1.165) is 23.9 Å². The van der Waals surface area contributed by atoms with E-state index in [2.05, 4.69) is 47.3 Å². The molecule has 0 saturated heterocycles. The molecule has 0 bridgehead atoms. The van der Waals surface area contributed by atoms with E-state index in [1.54, 1.807) is 6.07 Å². The lowest BCUT2D eigenvalue weighted by Crippen LogP contribution is -2.39. The van der Waals surface area contributed by atoms with Crippen LogP contribution >= 0.6 is 28.1 Å². The van der Waals surface area contributed by atoms with E-state index in [1.807, 2.05) is 12.1 Å². The van der Waals surface area contributed by atoms with Gasteiger partial charge in [0.15, 0.2) is 5.11 Å². The second-order valence-electron chi connectivity index (χ2n) is 9.98. The summed E-state index contributed by atoms with van der Waals surface area (Å²) in [5, 5.41) is 6.33. The minimum atomic E-state index is -0.246. The first-order valence-electron chi connectivity index (χ1n) is 14.0. The summed E-state index contributed by atoms with van der Waals surface area (Å²) in [6, 6.07) is 5.48. The van der Waals surface area contributed by atoms with Gasteiger partial charge in [-0.3, -0.25) is 10.1 Å². The molecular weight excluding hydrogens is 520 g/mol. The maximum absolute atomic E-state index is 12.7. The van der Waals surface area contributed by atoms with Gasteiger partial charge < -0.3 is 10.1 Å². The van der Waals surface area contributed by atoms with Crippen LogP contribution in [-0.2, 0) is 0 Å². The van der Waals surface area contributed by atoms with E-state index < -0.39 is 0 Å². The van der Waals surface area contributed by atoms with Gasteiger partial charge in [0, 0.05) is 11.0 Å². The Bertz CT molecular complexity index is 712. The second kappa shape index (κ2) is 21.0. The molecule has 1 aromatic rings. The molecule has 0 aliphatic heterocycles. The molecule has 0 aromatic heterocycles. The van der Waals surface area contributed by atoms with Crippen LogP contribution in [0.5, 0.6) is 5.75 Å². The summed E-state index contributed by atoms with van der Waals surface area (Å²) in [4.78, 5) is 12.7. The molecule has 1 amide bonds. The summed E-state index contributed by atoms with van der Waals surface area (Å²) in [6.45, 7) is 7.95. The Morgan fingerprint density at radius 2 is 1.46 bits per heavy atom. The van der Waals surface area contributed by atoms with Crippen molar-refractivity contribution in [3.05, 3.63) is 28.2 Å². The van der Waals surface area contributed by atoms with Gasteiger partial charge in [0.25, 0.3) is 5.91 Å². The fourth-order valence-corrected chi connectivity index (χ4v) is 4.50. The molecule has 0 aliphatic carbocycles. The molecule has 35 heavy (non-hydrogen) atoms. The van der Waals surface area contributed by atoms with Crippen LogP contribution in [0, 0.1) is 5.92 Å². The maximum atomic E-state index is 12.7. The Hall–Kier alpha value is -1.14. The number of rotatable bonds is 20. The highest BCUT2D eigenvalue weighted by Crippen LogP contribution is 2.24. The minimum absolute atomic E-state index is 0.246. The SMILES string of the molecule is CCCCCCCCCCCCCCCCNC(=S)NC(=O)c1cc(Br)ccc1OCCC(C)C. The van der Waals surface area contributed by atoms with Gasteiger partial charge >= 0.3 is 0 Å². The summed E-state index contributed by atoms with van der Waals surface area (Å²) in [7, 11) is 0. The van der Waals surface area contributed by atoms with E-state index >= 15 is 0 Å². The lowest BCUT2D eigenvalue weighted by Gasteiger charge is -2.14. The first-order chi connectivity index (χ1) is 16.9. The summed E-state index contributed by atoms with van der Waals surface area (Å²) in [5.74, 6) is 0.889. The zero-order valence-corrected chi connectivity index (χ0v) is 24.8. The van der Waals surface area contributed by atoms with Crippen LogP contribution in [0.25, 0.3) is 0 Å². The normalized spacial score (nSPS) is 11.0. The second-order valence-corrected chi connectivity index (χ2v) is 11.3. The fourth-order valence-electron chi connectivity index (χ4n) is 3.95. The zero-order valence-electron chi connectivity index (χ0n) is 22.4. The minimum Gasteiger partial charge on any atom is -0.493 e.